The molecule has 0 saturated carbocycles. The molecule has 0 radical (unpaired) electrons. The maximum Gasteiger partial charge on any atom is 0.236 e. The summed E-state index contributed by atoms with van der Waals surface area (Å²) in [4.78, 5) is 31.3. The Bertz CT molecular complexity index is 640. The molecule has 2 saturated heterocycles. The highest BCUT2D eigenvalue weighted by Gasteiger charge is 2.28. The molecule has 148 valence electrons. The van der Waals surface area contributed by atoms with Gasteiger partial charge in [0.2, 0.25) is 11.8 Å². The lowest BCUT2D eigenvalue weighted by Gasteiger charge is -2.38. The van der Waals surface area contributed by atoms with Crippen molar-refractivity contribution in [1.82, 2.24) is 14.7 Å². The first-order chi connectivity index (χ1) is 12.9. The van der Waals surface area contributed by atoms with Crippen molar-refractivity contribution >= 4 is 11.8 Å². The summed E-state index contributed by atoms with van der Waals surface area (Å²) >= 11 is 0. The topological polar surface area (TPSA) is 43.9 Å². The Balaban J connectivity index is 1.43. The number of rotatable bonds is 4. The smallest absolute Gasteiger partial charge is 0.236 e. The molecule has 5 heteroatoms. The van der Waals surface area contributed by atoms with Gasteiger partial charge in [0, 0.05) is 39.3 Å². The van der Waals surface area contributed by atoms with Crippen molar-refractivity contribution in [2.24, 2.45) is 11.8 Å². The minimum atomic E-state index is 0.184. The third kappa shape index (κ3) is 5.55. The summed E-state index contributed by atoms with van der Waals surface area (Å²) in [7, 11) is 0. The molecule has 2 amide bonds. The van der Waals surface area contributed by atoms with Gasteiger partial charge in [0.15, 0.2) is 0 Å². The minimum absolute atomic E-state index is 0.184. The number of piperidine rings is 1. The Morgan fingerprint density at radius 2 is 1.48 bits per heavy atom. The zero-order valence-electron chi connectivity index (χ0n) is 17.0. The molecule has 2 unspecified atom stereocenters. The van der Waals surface area contributed by atoms with Crippen molar-refractivity contribution in [3.05, 3.63) is 35.4 Å². The summed E-state index contributed by atoms with van der Waals surface area (Å²) in [5.41, 5.74) is 2.28. The highest BCUT2D eigenvalue weighted by atomic mass is 16.2. The molecule has 2 heterocycles. The van der Waals surface area contributed by atoms with E-state index in [1.165, 1.54) is 12.0 Å². The average Bonchev–Trinajstić information content (AvgIpc) is 2.63. The van der Waals surface area contributed by atoms with Crippen LogP contribution in [0.5, 0.6) is 0 Å². The molecule has 0 aromatic heterocycles. The van der Waals surface area contributed by atoms with E-state index in [-0.39, 0.29) is 11.8 Å². The van der Waals surface area contributed by atoms with Gasteiger partial charge >= 0.3 is 0 Å². The predicted molar refractivity (Wildman–Crippen MR) is 107 cm³/mol. The van der Waals surface area contributed by atoms with E-state index in [4.69, 9.17) is 0 Å². The summed E-state index contributed by atoms with van der Waals surface area (Å²) in [6.45, 7) is 11.8. The zero-order valence-corrected chi connectivity index (χ0v) is 17.0. The quantitative estimate of drug-likeness (QED) is 0.815. The van der Waals surface area contributed by atoms with Crippen molar-refractivity contribution in [1.29, 1.82) is 0 Å². The summed E-state index contributed by atoms with van der Waals surface area (Å²) in [5.74, 6) is 1.61. The van der Waals surface area contributed by atoms with Crippen molar-refractivity contribution in [2.75, 3.05) is 45.8 Å². The van der Waals surface area contributed by atoms with Crippen LogP contribution in [-0.4, -0.2) is 72.3 Å². The van der Waals surface area contributed by atoms with Gasteiger partial charge in [0.05, 0.1) is 13.0 Å². The average molecular weight is 372 g/mol. The first-order valence-corrected chi connectivity index (χ1v) is 10.2. The lowest BCUT2D eigenvalue weighted by atomic mass is 9.92. The number of likely N-dealkylation sites (tertiary alicyclic amines) is 1. The second-order valence-electron chi connectivity index (χ2n) is 8.56. The molecular formula is C22H33N3O2. The largest absolute Gasteiger partial charge is 0.341 e. The molecular weight excluding hydrogens is 338 g/mol. The second kappa shape index (κ2) is 8.87. The molecule has 2 fully saturated rings. The van der Waals surface area contributed by atoms with E-state index in [9.17, 15) is 9.59 Å². The fraction of sp³-hybridized carbons (Fsp3) is 0.636. The van der Waals surface area contributed by atoms with Gasteiger partial charge < -0.3 is 9.80 Å². The van der Waals surface area contributed by atoms with Gasteiger partial charge in [-0.1, -0.05) is 43.7 Å². The van der Waals surface area contributed by atoms with Crippen LogP contribution in [0.3, 0.4) is 0 Å². The van der Waals surface area contributed by atoms with E-state index in [2.05, 4.69) is 37.8 Å². The van der Waals surface area contributed by atoms with Crippen molar-refractivity contribution in [2.45, 2.75) is 33.6 Å². The first kappa shape index (κ1) is 19.9. The zero-order chi connectivity index (χ0) is 19.4. The molecule has 0 aliphatic carbocycles. The van der Waals surface area contributed by atoms with Crippen molar-refractivity contribution < 1.29 is 9.59 Å². The number of benzene rings is 1. The Hall–Kier alpha value is -1.88. The van der Waals surface area contributed by atoms with Crippen molar-refractivity contribution in [3.8, 4) is 0 Å². The van der Waals surface area contributed by atoms with E-state index >= 15 is 0 Å². The molecule has 0 bridgehead atoms. The number of aryl methyl sites for hydroxylation is 1. The molecule has 3 rings (SSSR count). The van der Waals surface area contributed by atoms with Crippen LogP contribution in [-0.2, 0) is 16.0 Å². The highest BCUT2D eigenvalue weighted by Crippen LogP contribution is 2.21. The van der Waals surface area contributed by atoms with E-state index in [1.807, 2.05) is 21.9 Å². The maximum absolute atomic E-state index is 12.6. The van der Waals surface area contributed by atoms with E-state index in [1.54, 1.807) is 0 Å². The van der Waals surface area contributed by atoms with Crippen LogP contribution in [0.25, 0.3) is 0 Å². The molecule has 0 spiro atoms. The molecule has 5 nitrogen and oxygen atoms in total. The van der Waals surface area contributed by atoms with Crippen LogP contribution in [0.4, 0.5) is 0 Å². The number of amides is 2. The van der Waals surface area contributed by atoms with Gasteiger partial charge in [0.1, 0.15) is 0 Å². The van der Waals surface area contributed by atoms with Crippen LogP contribution < -0.4 is 0 Å². The van der Waals surface area contributed by atoms with Gasteiger partial charge in [-0.15, -0.1) is 0 Å². The Kier molecular flexibility index (Phi) is 6.53. The second-order valence-corrected chi connectivity index (χ2v) is 8.56. The normalized spacial score (nSPS) is 24.1. The predicted octanol–water partition coefficient (Wildman–Crippen LogP) is 2.19. The Labute approximate surface area is 163 Å². The highest BCUT2D eigenvalue weighted by molar-refractivity contribution is 5.79. The van der Waals surface area contributed by atoms with Crippen LogP contribution in [0.2, 0.25) is 0 Å². The maximum atomic E-state index is 12.6. The fourth-order valence-corrected chi connectivity index (χ4v) is 4.31. The molecule has 2 aliphatic rings. The van der Waals surface area contributed by atoms with E-state index in [0.29, 0.717) is 37.9 Å². The molecule has 0 N–H and O–H groups in total. The summed E-state index contributed by atoms with van der Waals surface area (Å²) < 4.78 is 0. The number of hydrogen-bond donors (Lipinski definition) is 0. The summed E-state index contributed by atoms with van der Waals surface area (Å²) in [5, 5.41) is 0. The number of carbonyl (C=O) groups is 2. The third-order valence-electron chi connectivity index (χ3n) is 5.78. The molecule has 27 heavy (non-hydrogen) atoms. The monoisotopic (exact) mass is 371 g/mol. The molecule has 1 aromatic carbocycles. The van der Waals surface area contributed by atoms with Crippen LogP contribution in [0.15, 0.2) is 24.3 Å². The van der Waals surface area contributed by atoms with Crippen LogP contribution in [0.1, 0.15) is 31.4 Å². The molecule has 1 aromatic rings. The number of nitrogens with zero attached hydrogens (tertiary/aromatic N) is 3. The lowest BCUT2D eigenvalue weighted by Crippen LogP contribution is -2.53. The first-order valence-electron chi connectivity index (χ1n) is 10.2. The van der Waals surface area contributed by atoms with Gasteiger partial charge in [-0.05, 0) is 30.7 Å². The Morgan fingerprint density at radius 3 is 2.07 bits per heavy atom. The minimum Gasteiger partial charge on any atom is -0.341 e. The van der Waals surface area contributed by atoms with Gasteiger partial charge in [-0.25, -0.2) is 0 Å². The van der Waals surface area contributed by atoms with E-state index in [0.717, 1.165) is 31.7 Å². The van der Waals surface area contributed by atoms with Crippen molar-refractivity contribution in [3.63, 3.8) is 0 Å². The van der Waals surface area contributed by atoms with Gasteiger partial charge in [0.25, 0.3) is 0 Å². The standard InChI is InChI=1S/C22H33N3O2/c1-17-4-6-20(7-5-17)13-21(26)24-10-8-23(9-11-24)16-22(27)25-14-18(2)12-19(3)15-25/h4-7,18-19H,8-16H2,1-3H3. The summed E-state index contributed by atoms with van der Waals surface area (Å²) in [6.07, 6.45) is 1.67. The van der Waals surface area contributed by atoms with Crippen LogP contribution >= 0.6 is 0 Å². The number of piperazine rings is 1. The van der Waals surface area contributed by atoms with E-state index < -0.39 is 0 Å². The number of carbonyl (C=O) groups excluding carboxylic acids is 2. The number of hydrogen-bond acceptors (Lipinski definition) is 3. The Morgan fingerprint density at radius 1 is 0.889 bits per heavy atom. The fourth-order valence-electron chi connectivity index (χ4n) is 4.31. The summed E-state index contributed by atoms with van der Waals surface area (Å²) in [6, 6.07) is 8.16. The molecule has 2 atom stereocenters. The SMILES string of the molecule is Cc1ccc(CC(=O)N2CCN(CC(=O)N3CC(C)CC(C)C3)CC2)cc1. The van der Waals surface area contributed by atoms with Gasteiger partial charge in [-0.2, -0.15) is 0 Å². The third-order valence-corrected chi connectivity index (χ3v) is 5.78. The van der Waals surface area contributed by atoms with Crippen LogP contribution in [0, 0.1) is 18.8 Å². The van der Waals surface area contributed by atoms with Gasteiger partial charge in [-0.3, -0.25) is 14.5 Å². The molecule has 2 aliphatic heterocycles. The lowest BCUT2D eigenvalue weighted by molar-refractivity contribution is -0.136.